The van der Waals surface area contributed by atoms with Crippen molar-refractivity contribution in [1.82, 2.24) is 14.8 Å². The Kier molecular flexibility index (Phi) is 6.54. The minimum atomic E-state index is -3.92. The molecule has 154 valence electrons. The lowest BCUT2D eigenvalue weighted by Crippen LogP contribution is -2.32. The fraction of sp³-hybridized carbons (Fsp3) is 0.300. The van der Waals surface area contributed by atoms with Gasteiger partial charge in [-0.1, -0.05) is 43.1 Å². The fourth-order valence-electron chi connectivity index (χ4n) is 3.03. The average Bonchev–Trinajstić information content (AvgIpc) is 3.19. The van der Waals surface area contributed by atoms with E-state index in [9.17, 15) is 8.42 Å². The van der Waals surface area contributed by atoms with E-state index in [4.69, 9.17) is 11.6 Å². The van der Waals surface area contributed by atoms with Crippen LogP contribution in [0.3, 0.4) is 0 Å². The predicted molar refractivity (Wildman–Crippen MR) is 112 cm³/mol. The molecule has 3 aromatic rings. The summed E-state index contributed by atoms with van der Waals surface area (Å²) in [5, 5.41) is 7.78. The number of halogens is 2. The maximum Gasteiger partial charge on any atom is 0.264 e. The summed E-state index contributed by atoms with van der Waals surface area (Å²) in [5.74, 6) is -0.496. The van der Waals surface area contributed by atoms with Gasteiger partial charge in [-0.05, 0) is 37.6 Å². The van der Waals surface area contributed by atoms with Crippen LogP contribution in [0.4, 0.5) is 10.1 Å². The molecule has 3 rings (SSSR count). The maximum absolute atomic E-state index is 15.2. The number of sulfonamides is 1. The molecule has 1 heterocycles. The molecule has 0 fully saturated rings. The standard InChI is InChI=1S/C20H22ClFN4O2S/c1-3-5-13-26(29(27,28)15-9-7-6-8-10-15)17-12-11-16(21)19(22)18(17)20-24-23-14-25(20)4-2/h6-12,14H,3-5,13H2,1-2H3. The van der Waals surface area contributed by atoms with E-state index < -0.39 is 15.8 Å². The second-order valence-electron chi connectivity index (χ2n) is 6.44. The van der Waals surface area contributed by atoms with Gasteiger partial charge in [0.15, 0.2) is 11.6 Å². The topological polar surface area (TPSA) is 68.1 Å². The number of anilines is 1. The van der Waals surface area contributed by atoms with Gasteiger partial charge in [-0.25, -0.2) is 12.8 Å². The van der Waals surface area contributed by atoms with Gasteiger partial charge in [0.25, 0.3) is 10.0 Å². The molecule has 9 heteroatoms. The van der Waals surface area contributed by atoms with Crippen LogP contribution in [-0.4, -0.2) is 29.7 Å². The molecular weight excluding hydrogens is 415 g/mol. The van der Waals surface area contributed by atoms with Crippen LogP contribution in [0, 0.1) is 5.82 Å². The molecule has 0 unspecified atom stereocenters. The highest BCUT2D eigenvalue weighted by Gasteiger charge is 2.30. The quantitative estimate of drug-likeness (QED) is 0.510. The number of unbranched alkanes of at least 4 members (excludes halogenated alkanes) is 1. The third-order valence-corrected chi connectivity index (χ3v) is 6.69. The third-order valence-electron chi connectivity index (χ3n) is 4.57. The van der Waals surface area contributed by atoms with Gasteiger partial charge in [0.2, 0.25) is 0 Å². The number of rotatable bonds is 8. The number of aryl methyl sites for hydroxylation is 1. The first kappa shape index (κ1) is 21.3. The average molecular weight is 437 g/mol. The van der Waals surface area contributed by atoms with Crippen molar-refractivity contribution in [2.24, 2.45) is 0 Å². The van der Waals surface area contributed by atoms with Crippen molar-refractivity contribution >= 4 is 27.3 Å². The van der Waals surface area contributed by atoms with E-state index in [1.54, 1.807) is 22.8 Å². The summed E-state index contributed by atoms with van der Waals surface area (Å²) in [5.41, 5.74) is 0.208. The van der Waals surface area contributed by atoms with Gasteiger partial charge in [0, 0.05) is 13.1 Å². The van der Waals surface area contributed by atoms with Crippen LogP contribution >= 0.6 is 11.6 Å². The van der Waals surface area contributed by atoms with Crippen molar-refractivity contribution in [1.29, 1.82) is 0 Å². The number of nitrogens with zero attached hydrogens (tertiary/aromatic N) is 4. The molecule has 0 bridgehead atoms. The van der Waals surface area contributed by atoms with Gasteiger partial charge < -0.3 is 4.57 Å². The molecule has 0 aliphatic heterocycles. The van der Waals surface area contributed by atoms with Gasteiger partial charge in [-0.3, -0.25) is 4.31 Å². The lowest BCUT2D eigenvalue weighted by atomic mass is 10.1. The summed E-state index contributed by atoms with van der Waals surface area (Å²) in [6.07, 6.45) is 2.86. The first-order valence-corrected chi connectivity index (χ1v) is 11.2. The highest BCUT2D eigenvalue weighted by molar-refractivity contribution is 7.92. The summed E-state index contributed by atoms with van der Waals surface area (Å²) in [7, 11) is -3.92. The van der Waals surface area contributed by atoms with Gasteiger partial charge in [-0.2, -0.15) is 0 Å². The smallest absolute Gasteiger partial charge is 0.264 e. The first-order chi connectivity index (χ1) is 13.9. The maximum atomic E-state index is 15.2. The molecule has 1 aromatic heterocycles. The summed E-state index contributed by atoms with van der Waals surface area (Å²) in [6, 6.07) is 11.0. The van der Waals surface area contributed by atoms with Crippen molar-refractivity contribution in [2.75, 3.05) is 10.8 Å². The van der Waals surface area contributed by atoms with Gasteiger partial charge in [-0.15, -0.1) is 10.2 Å². The largest absolute Gasteiger partial charge is 0.314 e. The monoisotopic (exact) mass is 436 g/mol. The van der Waals surface area contributed by atoms with Crippen LogP contribution in [-0.2, 0) is 16.6 Å². The van der Waals surface area contributed by atoms with Crippen molar-refractivity contribution in [3.8, 4) is 11.4 Å². The first-order valence-electron chi connectivity index (χ1n) is 9.35. The Balaban J connectivity index is 2.26. The Morgan fingerprint density at radius 1 is 1.14 bits per heavy atom. The number of hydrogen-bond donors (Lipinski definition) is 0. The van der Waals surface area contributed by atoms with Crippen molar-refractivity contribution in [3.05, 3.63) is 59.6 Å². The van der Waals surface area contributed by atoms with Crippen LogP contribution in [0.2, 0.25) is 5.02 Å². The Hall–Kier alpha value is -2.45. The summed E-state index contributed by atoms with van der Waals surface area (Å²) in [4.78, 5) is 0.134. The van der Waals surface area contributed by atoms with Crippen molar-refractivity contribution in [2.45, 2.75) is 38.1 Å². The molecule has 0 spiro atoms. The second kappa shape index (κ2) is 8.92. The molecule has 0 atom stereocenters. The molecule has 0 saturated heterocycles. The third kappa shape index (κ3) is 4.13. The van der Waals surface area contributed by atoms with E-state index in [0.717, 1.165) is 6.42 Å². The lowest BCUT2D eigenvalue weighted by molar-refractivity contribution is 0.588. The molecule has 2 aromatic carbocycles. The van der Waals surface area contributed by atoms with Crippen molar-refractivity contribution in [3.63, 3.8) is 0 Å². The Bertz CT molecular complexity index is 1090. The van der Waals surface area contributed by atoms with Crippen molar-refractivity contribution < 1.29 is 12.8 Å². The molecule has 29 heavy (non-hydrogen) atoms. The van der Waals surface area contributed by atoms with Crippen LogP contribution in [0.5, 0.6) is 0 Å². The summed E-state index contributed by atoms with van der Waals surface area (Å²) >= 11 is 6.04. The molecule has 0 aliphatic carbocycles. The van der Waals surface area contributed by atoms with Crippen LogP contribution < -0.4 is 4.31 Å². The minimum absolute atomic E-state index is 0.0208. The predicted octanol–water partition coefficient (Wildman–Crippen LogP) is 4.75. The zero-order valence-corrected chi connectivity index (χ0v) is 17.8. The summed E-state index contributed by atoms with van der Waals surface area (Å²) < 4.78 is 44.9. The zero-order valence-electron chi connectivity index (χ0n) is 16.2. The van der Waals surface area contributed by atoms with E-state index >= 15 is 4.39 Å². The molecule has 0 amide bonds. The molecular formula is C20H22ClFN4O2S. The molecule has 6 nitrogen and oxygen atoms in total. The Labute approximate surface area is 175 Å². The zero-order chi connectivity index (χ0) is 21.0. The number of aromatic nitrogens is 3. The van der Waals surface area contributed by atoms with E-state index in [-0.39, 0.29) is 33.5 Å². The fourth-order valence-corrected chi connectivity index (χ4v) is 4.73. The molecule has 0 N–H and O–H groups in total. The van der Waals surface area contributed by atoms with E-state index in [0.29, 0.717) is 13.0 Å². The minimum Gasteiger partial charge on any atom is -0.314 e. The highest BCUT2D eigenvalue weighted by Crippen LogP contribution is 2.38. The van der Waals surface area contributed by atoms with Gasteiger partial charge in [0.05, 0.1) is 21.2 Å². The number of hydrogen-bond acceptors (Lipinski definition) is 4. The van der Waals surface area contributed by atoms with Crippen LogP contribution in [0.25, 0.3) is 11.4 Å². The molecule has 0 saturated carbocycles. The second-order valence-corrected chi connectivity index (χ2v) is 8.71. The molecule has 0 radical (unpaired) electrons. The summed E-state index contributed by atoms with van der Waals surface area (Å²) in [6.45, 7) is 4.52. The van der Waals surface area contributed by atoms with E-state index in [2.05, 4.69) is 10.2 Å². The van der Waals surface area contributed by atoms with Crippen LogP contribution in [0.15, 0.2) is 53.7 Å². The number of benzene rings is 2. The highest BCUT2D eigenvalue weighted by atomic mass is 35.5. The Morgan fingerprint density at radius 2 is 1.86 bits per heavy atom. The van der Waals surface area contributed by atoms with Crippen LogP contribution in [0.1, 0.15) is 26.7 Å². The van der Waals surface area contributed by atoms with E-state index in [1.165, 1.54) is 34.9 Å². The lowest BCUT2D eigenvalue weighted by Gasteiger charge is -2.27. The van der Waals surface area contributed by atoms with Gasteiger partial charge >= 0.3 is 0 Å². The normalized spacial score (nSPS) is 11.6. The van der Waals surface area contributed by atoms with E-state index in [1.807, 2.05) is 13.8 Å². The Morgan fingerprint density at radius 3 is 2.52 bits per heavy atom. The van der Waals surface area contributed by atoms with Gasteiger partial charge in [0.1, 0.15) is 6.33 Å². The molecule has 0 aliphatic rings. The SMILES string of the molecule is CCCCN(c1ccc(Cl)c(F)c1-c1nncn1CC)S(=O)(=O)c1ccccc1.